The summed E-state index contributed by atoms with van der Waals surface area (Å²) in [5.41, 5.74) is 2.83. The Balaban J connectivity index is 1.56. The zero-order chi connectivity index (χ0) is 25.3. The molecule has 1 aliphatic heterocycles. The number of hydrogen-bond donors (Lipinski definition) is 6. The lowest BCUT2D eigenvalue weighted by Gasteiger charge is -2.25. The Kier molecular flexibility index (Phi) is 6.31. The first-order chi connectivity index (χ1) is 17.4. The second kappa shape index (κ2) is 9.57. The molecule has 0 aliphatic carbocycles. The average molecular weight is 489 g/mol. The Hall–Kier alpha value is -3.99. The van der Waals surface area contributed by atoms with Gasteiger partial charge in [-0.25, -0.2) is 9.78 Å². The first-order valence-corrected chi connectivity index (χ1v) is 11.8. The second-order valence-electron chi connectivity index (χ2n) is 8.89. The Morgan fingerprint density at radius 3 is 2.58 bits per heavy atom. The number of nitrogens with zero attached hydrogens (tertiary/aromatic N) is 2. The Labute approximate surface area is 207 Å². The van der Waals surface area contributed by atoms with E-state index in [-0.39, 0.29) is 12.3 Å². The molecular formula is C26H28N6O4. The van der Waals surface area contributed by atoms with Gasteiger partial charge in [0.15, 0.2) is 5.66 Å². The minimum absolute atomic E-state index is 0.273. The molecule has 2 aromatic carbocycles. The highest BCUT2D eigenvalue weighted by atomic mass is 16.4. The molecule has 186 valence electrons. The standard InChI is InChI=1S/C26H28N6O4/c1-16-13-18(26(25(35)36)28-10-11-29-26)14-19-22(16)31-23(30-19)21-20(7-9-27-24(21)34)32(15-33)12-8-17-5-3-2-4-6-17/h2-7,9,13-14,28-29,33H,8,10-12,15H2,1H3,(H,27,34)(H,30,31)(H,35,36). The van der Waals surface area contributed by atoms with Crippen LogP contribution in [0, 0.1) is 6.92 Å². The van der Waals surface area contributed by atoms with Crippen molar-refractivity contribution in [1.82, 2.24) is 25.6 Å². The molecule has 10 heteroatoms. The number of aliphatic carboxylic acids is 1. The third-order valence-electron chi connectivity index (χ3n) is 6.64. The van der Waals surface area contributed by atoms with Crippen molar-refractivity contribution in [3.63, 3.8) is 0 Å². The number of aliphatic hydroxyl groups excluding tert-OH is 1. The summed E-state index contributed by atoms with van der Waals surface area (Å²) in [7, 11) is 0. The molecular weight excluding hydrogens is 460 g/mol. The Morgan fingerprint density at radius 1 is 1.14 bits per heavy atom. The number of nitrogens with one attached hydrogen (secondary N) is 4. The molecule has 0 radical (unpaired) electrons. The number of anilines is 1. The molecule has 36 heavy (non-hydrogen) atoms. The van der Waals surface area contributed by atoms with E-state index in [4.69, 9.17) is 4.98 Å². The number of carboxylic acids is 1. The van der Waals surface area contributed by atoms with E-state index in [1.54, 1.807) is 29.3 Å². The molecule has 5 rings (SSSR count). The fraction of sp³-hybridized carbons (Fsp3) is 0.269. The minimum Gasteiger partial charge on any atom is -0.479 e. The SMILES string of the molecule is Cc1cc(C2(C(=O)O)NCCN2)cc2[nH]c(-c3c(N(CO)CCc4ccccc4)cc[nH]c3=O)nc12. The number of carbonyl (C=O) groups is 1. The van der Waals surface area contributed by atoms with Crippen LogP contribution >= 0.6 is 0 Å². The quantitative estimate of drug-likeness (QED) is 0.205. The number of benzene rings is 2. The van der Waals surface area contributed by atoms with Gasteiger partial charge in [0.25, 0.3) is 5.56 Å². The number of aromatic nitrogens is 3. The van der Waals surface area contributed by atoms with Crippen molar-refractivity contribution < 1.29 is 15.0 Å². The minimum atomic E-state index is -1.38. The predicted molar refractivity (Wildman–Crippen MR) is 137 cm³/mol. The van der Waals surface area contributed by atoms with Crippen LogP contribution in [0.15, 0.2) is 59.5 Å². The lowest BCUT2D eigenvalue weighted by Crippen LogP contribution is -2.52. The molecule has 6 N–H and O–H groups in total. The number of carboxylic acid groups (broad SMARTS) is 1. The van der Waals surface area contributed by atoms with Gasteiger partial charge in [0.2, 0.25) is 0 Å². The highest BCUT2D eigenvalue weighted by Gasteiger charge is 2.43. The van der Waals surface area contributed by atoms with Crippen molar-refractivity contribution in [3.8, 4) is 11.4 Å². The molecule has 10 nitrogen and oxygen atoms in total. The van der Waals surface area contributed by atoms with E-state index >= 15 is 0 Å². The van der Waals surface area contributed by atoms with Crippen molar-refractivity contribution >= 4 is 22.7 Å². The summed E-state index contributed by atoms with van der Waals surface area (Å²) in [5, 5.41) is 26.2. The highest BCUT2D eigenvalue weighted by molar-refractivity contribution is 5.88. The maximum Gasteiger partial charge on any atom is 0.343 e. The van der Waals surface area contributed by atoms with Gasteiger partial charge < -0.3 is 25.1 Å². The van der Waals surface area contributed by atoms with Gasteiger partial charge in [0.05, 0.1) is 16.7 Å². The summed E-state index contributed by atoms with van der Waals surface area (Å²) in [5.74, 6) is -0.672. The molecule has 1 aliphatic rings. The number of aromatic amines is 2. The van der Waals surface area contributed by atoms with E-state index in [1.165, 1.54) is 0 Å². The van der Waals surface area contributed by atoms with Gasteiger partial charge >= 0.3 is 5.97 Å². The largest absolute Gasteiger partial charge is 0.479 e. The first kappa shape index (κ1) is 23.7. The fourth-order valence-electron chi connectivity index (χ4n) is 4.80. The van der Waals surface area contributed by atoms with Crippen LogP contribution in [0.1, 0.15) is 16.7 Å². The van der Waals surface area contributed by atoms with E-state index in [2.05, 4.69) is 20.6 Å². The molecule has 0 atom stereocenters. The van der Waals surface area contributed by atoms with E-state index in [9.17, 15) is 19.8 Å². The lowest BCUT2D eigenvalue weighted by molar-refractivity contribution is -0.145. The number of pyridine rings is 1. The number of aryl methyl sites for hydroxylation is 1. The van der Waals surface area contributed by atoms with Crippen LogP contribution in [0.3, 0.4) is 0 Å². The molecule has 0 spiro atoms. The summed E-state index contributed by atoms with van der Waals surface area (Å²) < 4.78 is 0. The van der Waals surface area contributed by atoms with Crippen LogP contribution in [0.25, 0.3) is 22.4 Å². The highest BCUT2D eigenvalue weighted by Crippen LogP contribution is 2.31. The van der Waals surface area contributed by atoms with Crippen molar-refractivity contribution in [2.75, 3.05) is 31.3 Å². The van der Waals surface area contributed by atoms with E-state index in [0.717, 1.165) is 11.1 Å². The summed E-state index contributed by atoms with van der Waals surface area (Å²) in [6.45, 7) is 3.14. The Morgan fingerprint density at radius 2 is 1.89 bits per heavy atom. The van der Waals surface area contributed by atoms with Crippen LogP contribution in [0.4, 0.5) is 5.69 Å². The van der Waals surface area contributed by atoms with Gasteiger partial charge in [-0.05, 0) is 42.7 Å². The smallest absolute Gasteiger partial charge is 0.343 e. The molecule has 0 amide bonds. The second-order valence-corrected chi connectivity index (χ2v) is 8.89. The van der Waals surface area contributed by atoms with Gasteiger partial charge in [-0.15, -0.1) is 0 Å². The molecule has 0 unspecified atom stereocenters. The summed E-state index contributed by atoms with van der Waals surface area (Å²) in [4.78, 5) is 37.5. The lowest BCUT2D eigenvalue weighted by atomic mass is 9.97. The predicted octanol–water partition coefficient (Wildman–Crippen LogP) is 1.66. The molecule has 3 heterocycles. The maximum absolute atomic E-state index is 13.0. The van der Waals surface area contributed by atoms with Crippen molar-refractivity contribution in [3.05, 3.63) is 81.8 Å². The normalized spacial score (nSPS) is 14.8. The number of rotatable bonds is 8. The first-order valence-electron chi connectivity index (χ1n) is 11.8. The molecule has 2 aromatic heterocycles. The van der Waals surface area contributed by atoms with Crippen molar-refractivity contribution in [2.24, 2.45) is 0 Å². The van der Waals surface area contributed by atoms with Gasteiger partial charge in [0, 0.05) is 31.4 Å². The van der Waals surface area contributed by atoms with E-state index in [1.807, 2.05) is 37.3 Å². The van der Waals surface area contributed by atoms with Crippen molar-refractivity contribution in [1.29, 1.82) is 0 Å². The zero-order valence-electron chi connectivity index (χ0n) is 19.8. The van der Waals surface area contributed by atoms with E-state index in [0.29, 0.717) is 59.7 Å². The molecule has 4 aromatic rings. The van der Waals surface area contributed by atoms with Gasteiger partial charge in [-0.2, -0.15) is 0 Å². The molecule has 0 bridgehead atoms. The molecule has 0 saturated carbocycles. The monoisotopic (exact) mass is 488 g/mol. The van der Waals surface area contributed by atoms with Gasteiger partial charge in [-0.1, -0.05) is 30.3 Å². The number of imidazole rings is 1. The van der Waals surface area contributed by atoms with Crippen LogP contribution in [-0.4, -0.2) is 57.5 Å². The maximum atomic E-state index is 13.0. The van der Waals surface area contributed by atoms with Crippen molar-refractivity contribution in [2.45, 2.75) is 19.0 Å². The number of fused-ring (bicyclic) bond motifs is 1. The number of hydrogen-bond acceptors (Lipinski definition) is 7. The number of H-pyrrole nitrogens is 2. The number of aliphatic hydroxyl groups is 1. The summed E-state index contributed by atoms with van der Waals surface area (Å²) in [6.07, 6.45) is 2.24. The molecule has 1 fully saturated rings. The molecule has 1 saturated heterocycles. The average Bonchev–Trinajstić information content (AvgIpc) is 3.54. The van der Waals surface area contributed by atoms with Crippen LogP contribution < -0.4 is 21.1 Å². The van der Waals surface area contributed by atoms with Gasteiger partial charge in [0.1, 0.15) is 18.1 Å². The van der Waals surface area contributed by atoms with Crippen LogP contribution in [0.5, 0.6) is 0 Å². The Bertz CT molecular complexity index is 1460. The van der Waals surface area contributed by atoms with E-state index < -0.39 is 11.6 Å². The summed E-state index contributed by atoms with van der Waals surface area (Å²) in [6, 6.07) is 15.2. The van der Waals surface area contributed by atoms with Gasteiger partial charge in [-0.3, -0.25) is 15.4 Å². The fourth-order valence-corrected chi connectivity index (χ4v) is 4.80. The summed E-state index contributed by atoms with van der Waals surface area (Å²) >= 11 is 0. The van der Waals surface area contributed by atoms with Crippen LogP contribution in [0.2, 0.25) is 0 Å². The zero-order valence-corrected chi connectivity index (χ0v) is 19.8. The third-order valence-corrected chi connectivity index (χ3v) is 6.64. The van der Waals surface area contributed by atoms with Crippen LogP contribution in [-0.2, 0) is 16.9 Å². The third kappa shape index (κ3) is 4.15. The topological polar surface area (TPSA) is 146 Å².